The summed E-state index contributed by atoms with van der Waals surface area (Å²) in [6, 6.07) is 0. The van der Waals surface area contributed by atoms with E-state index in [9.17, 15) is 117 Å². The average Bonchev–Trinajstić information content (AvgIpc) is 1.55. The van der Waals surface area contributed by atoms with Crippen LogP contribution in [0.25, 0.3) is 68.7 Å². The summed E-state index contributed by atoms with van der Waals surface area (Å²) >= 11 is 3.54. The first kappa shape index (κ1) is 125. The van der Waals surface area contributed by atoms with E-state index < -0.39 is 140 Å². The van der Waals surface area contributed by atoms with E-state index in [1.807, 2.05) is 48.5 Å². The zero-order valence-electron chi connectivity index (χ0n) is 88.4. The summed E-state index contributed by atoms with van der Waals surface area (Å²) in [5.41, 5.74) is -18.5. The van der Waals surface area contributed by atoms with Crippen molar-refractivity contribution in [3.8, 4) is 68.7 Å². The molecule has 828 valence electrons. The number of anilines is 3. The number of aliphatic hydroxyl groups is 4. The molecule has 9 aromatic heterocycles. The molecule has 0 fully saturated rings. The van der Waals surface area contributed by atoms with Gasteiger partial charge in [0.05, 0.1) is 44.9 Å². The van der Waals surface area contributed by atoms with Crippen LogP contribution < -0.4 is 20.0 Å². The first-order chi connectivity index (χ1) is 66.8. The van der Waals surface area contributed by atoms with Crippen molar-refractivity contribution < 1.29 is 148 Å². The fourth-order valence-corrected chi connectivity index (χ4v) is 16.9. The summed E-state index contributed by atoms with van der Waals surface area (Å²) in [6.45, 7) is 47.2. The molecule has 1 unspecified atom stereocenters. The van der Waals surface area contributed by atoms with Gasteiger partial charge in [0.1, 0.15) is 74.5 Å². The van der Waals surface area contributed by atoms with Gasteiger partial charge in [-0.1, -0.05) is 31.4 Å². The maximum Gasteiger partial charge on any atom is 0.428 e. The molecule has 1 atom stereocenters. The van der Waals surface area contributed by atoms with Gasteiger partial charge in [0.15, 0.2) is 58.0 Å². The van der Waals surface area contributed by atoms with Crippen LogP contribution in [0, 0.1) is 168 Å². The summed E-state index contributed by atoms with van der Waals surface area (Å²) in [5, 5.41) is 72.4. The van der Waals surface area contributed by atoms with Gasteiger partial charge in [0.25, 0.3) is 16.8 Å². The lowest BCUT2D eigenvalue weighted by atomic mass is 9.79. The Balaban J connectivity index is 0.000000271. The highest BCUT2D eigenvalue weighted by Gasteiger charge is 2.81. The number of halogens is 27. The van der Waals surface area contributed by atoms with Crippen LogP contribution in [-0.4, -0.2) is 212 Å². The Bertz CT molecular complexity index is 6500. The molecule has 11 aromatic rings. The van der Waals surface area contributed by atoms with Crippen molar-refractivity contribution >= 4 is 33.4 Å². The van der Waals surface area contributed by atoms with Crippen LogP contribution in [0.4, 0.5) is 132 Å². The molecule has 7 N–H and O–H groups in total. The SMILES string of the molecule is CNC(C)(C)C(C)(O)C(F)(F)F.Cc1c(C)c(C)c(C(C)(C)Br)c(F)c1C.Cc1nc(-c2[nH]nc(-c3noc(C)c3C)c2C)nc(N(C)C(C)(C)C(O)(C(F)(F)F)C(F)(F)F)c1F.Cc1nc(-c2[nH]nc(-c3noc(C)c3C)c2C)nc(N(C)C(C)(C)C(O)(C(F)(F)F)C(F)(F)F)c1F.Cc1nc(-c2nn(C(C)(C)c3c(C)c(C)c(C)c(C)c3F)c(-c3noc(C)c3C)c2C)nc(N(C)C(C)(C)C(O)(C(F)(F)F)C(F)(F)F)c1F. The van der Waals surface area contributed by atoms with Gasteiger partial charge in [0.2, 0.25) is 0 Å². The first-order valence-electron chi connectivity index (χ1n) is 45.0. The van der Waals surface area contributed by atoms with E-state index in [1.54, 1.807) is 90.0 Å². The molecule has 0 saturated heterocycles. The number of alkyl halides is 22. The molecule has 0 saturated carbocycles. The molecule has 0 amide bonds. The van der Waals surface area contributed by atoms with E-state index >= 15 is 17.6 Å². The van der Waals surface area contributed by atoms with E-state index in [1.165, 1.54) is 45.0 Å². The minimum absolute atomic E-state index is 0.0378. The Kier molecular flexibility index (Phi) is 34.7. The second-order valence-electron chi connectivity index (χ2n) is 39.7. The van der Waals surface area contributed by atoms with E-state index in [-0.39, 0.29) is 61.0 Å². The number of nitrogens with zero attached hydrogens (tertiary/aromatic N) is 16. The second-order valence-corrected chi connectivity index (χ2v) is 41.6. The molecule has 26 nitrogen and oxygen atoms in total. The van der Waals surface area contributed by atoms with Crippen LogP contribution >= 0.6 is 15.9 Å². The summed E-state index contributed by atoms with van der Waals surface area (Å²) in [5.74, 6) is -6.43. The highest BCUT2D eigenvalue weighted by molar-refractivity contribution is 9.09. The number of aromatic nitrogens is 15. The summed E-state index contributed by atoms with van der Waals surface area (Å²) in [6.07, 6.45) is -41.6. The number of hydrogen-bond acceptors (Lipinski definition) is 23. The maximum atomic E-state index is 16.2. The highest BCUT2D eigenvalue weighted by Crippen LogP contribution is 2.57. The van der Waals surface area contributed by atoms with Gasteiger partial charge in [-0.3, -0.25) is 14.9 Å². The normalized spacial score (nSPS) is 13.7. The van der Waals surface area contributed by atoms with Gasteiger partial charge in [0, 0.05) is 75.5 Å². The second kappa shape index (κ2) is 41.4. The topological polar surface area (TPSA) is 333 Å². The number of H-pyrrole nitrogens is 2. The van der Waals surface area contributed by atoms with Gasteiger partial charge < -0.3 is 54.0 Å². The molecular formula is C96H118BrF26N19O7. The van der Waals surface area contributed by atoms with E-state index in [2.05, 4.69) is 93.9 Å². The summed E-state index contributed by atoms with van der Waals surface area (Å²) in [4.78, 5) is 25.0. The van der Waals surface area contributed by atoms with Crippen molar-refractivity contribution in [3.63, 3.8) is 0 Å². The Morgan fingerprint density at radius 2 is 0.570 bits per heavy atom. The van der Waals surface area contributed by atoms with E-state index in [0.717, 1.165) is 68.4 Å². The van der Waals surface area contributed by atoms with Gasteiger partial charge in [-0.2, -0.15) is 107 Å². The summed E-state index contributed by atoms with van der Waals surface area (Å²) in [7, 11) is 3.67. The van der Waals surface area contributed by atoms with Crippen molar-refractivity contribution in [2.24, 2.45) is 0 Å². The number of nitrogens with one attached hydrogen (secondary N) is 3. The van der Waals surface area contributed by atoms with Crippen LogP contribution in [0.5, 0.6) is 0 Å². The number of aryl methyl sites for hydroxylation is 6. The minimum Gasteiger partial charge on any atom is -0.379 e. The maximum absolute atomic E-state index is 16.2. The smallest absolute Gasteiger partial charge is 0.379 e. The molecule has 53 heteroatoms. The quantitative estimate of drug-likeness (QED) is 0.0275. The lowest BCUT2D eigenvalue weighted by Gasteiger charge is -2.49. The fourth-order valence-electron chi connectivity index (χ4n) is 16.4. The minimum atomic E-state index is -6.21. The van der Waals surface area contributed by atoms with Crippen molar-refractivity contribution in [1.29, 1.82) is 0 Å². The van der Waals surface area contributed by atoms with Crippen molar-refractivity contribution in [3.05, 3.63) is 152 Å². The predicted molar refractivity (Wildman–Crippen MR) is 505 cm³/mol. The van der Waals surface area contributed by atoms with Crippen LogP contribution in [0.2, 0.25) is 0 Å². The lowest BCUT2D eigenvalue weighted by molar-refractivity contribution is -0.385. The average molecular weight is 2220 g/mol. The van der Waals surface area contributed by atoms with Crippen LogP contribution in [-0.2, 0) is 9.86 Å². The molecule has 0 radical (unpaired) electrons. The third kappa shape index (κ3) is 21.5. The summed E-state index contributed by atoms with van der Waals surface area (Å²) < 4.78 is 377. The Morgan fingerprint density at radius 1 is 0.309 bits per heavy atom. The number of rotatable bonds is 20. The van der Waals surface area contributed by atoms with Gasteiger partial charge in [-0.25, -0.2) is 51.9 Å². The highest BCUT2D eigenvalue weighted by atomic mass is 79.9. The van der Waals surface area contributed by atoms with Gasteiger partial charge in [-0.15, -0.1) is 0 Å². The number of hydrogen-bond donors (Lipinski definition) is 7. The van der Waals surface area contributed by atoms with Crippen molar-refractivity contribution in [2.75, 3.05) is 42.9 Å². The van der Waals surface area contributed by atoms with Crippen molar-refractivity contribution in [2.45, 2.75) is 326 Å². The molecule has 11 rings (SSSR count). The fraction of sp³-hybridized carbons (Fsp3) is 0.562. The third-order valence-corrected chi connectivity index (χ3v) is 29.3. The largest absolute Gasteiger partial charge is 0.428 e. The third-order valence-electron chi connectivity index (χ3n) is 28.9. The molecular weight excluding hydrogens is 2110 g/mol. The first-order valence-corrected chi connectivity index (χ1v) is 45.8. The number of likely N-dealkylation sites (N-methyl/N-ethyl adjacent to an activating group) is 4. The number of benzene rings is 2. The Morgan fingerprint density at radius 3 is 0.826 bits per heavy atom. The van der Waals surface area contributed by atoms with Gasteiger partial charge >= 0.3 is 43.2 Å². The van der Waals surface area contributed by atoms with E-state index in [0.29, 0.717) is 153 Å². The number of aromatic amines is 2. The monoisotopic (exact) mass is 2220 g/mol. The van der Waals surface area contributed by atoms with Crippen LogP contribution in [0.3, 0.4) is 0 Å². The zero-order valence-corrected chi connectivity index (χ0v) is 90.0. The molecule has 2 aromatic carbocycles. The Labute approximate surface area is 849 Å². The molecule has 9 heterocycles. The Hall–Kier alpha value is -11.2. The van der Waals surface area contributed by atoms with E-state index in [4.69, 9.17) is 18.7 Å². The van der Waals surface area contributed by atoms with Gasteiger partial charge in [-0.05, 0) is 280 Å². The lowest BCUT2D eigenvalue weighted by Crippen LogP contribution is -2.73. The molecule has 0 bridgehead atoms. The zero-order chi connectivity index (χ0) is 116. The standard InChI is InChI=1S/C34H40F8N6O2.2C21H23F7N6O2.C13H18BrF.C7H14F3NO/c1-14-15(2)17(4)23(35)22(16(14)3)30(9,10)48-27(25-18(5)21(8)50-46-25)19(6)26(45-48)28-43-20(7)24(36)29(44-28)47(13)31(11,12)32(49,33(37,38)39)34(40,41)42;2*1-8-11(4)36-33-14(8)13-9(2)15(32-31-13)16-29-10(3)12(22)17(30-16)34(7)18(5,6)19(35,20(23,24)25)21(26,27)28;1-7-8(2)10(4)12(15)11(9(7)3)13(5,6)14;1-5(2,11-4)6(3,12)7(8,9)10/h49H,1-13H3;2*35H,1-7H3,(H,31,32);1-6H3;11-12H,1-4H3. The molecule has 0 aliphatic rings. The van der Waals surface area contributed by atoms with Crippen LogP contribution in [0.1, 0.15) is 213 Å². The molecule has 0 aliphatic carbocycles. The van der Waals surface area contributed by atoms with Crippen LogP contribution in [0.15, 0.2) is 13.6 Å². The molecule has 0 aliphatic heterocycles. The molecule has 149 heavy (non-hydrogen) atoms. The predicted octanol–water partition coefficient (Wildman–Crippen LogP) is 24.5. The molecule has 0 spiro atoms. The van der Waals surface area contributed by atoms with Crippen molar-refractivity contribution in [1.82, 2.24) is 80.9 Å².